The van der Waals surface area contributed by atoms with Gasteiger partial charge in [-0.05, 0) is 13.8 Å². The predicted octanol–water partition coefficient (Wildman–Crippen LogP) is -1.77. The lowest BCUT2D eigenvalue weighted by Crippen LogP contribution is -2.57. The number of rotatable bonds is 4. The van der Waals surface area contributed by atoms with Crippen LogP contribution in [0.2, 0.25) is 0 Å². The Kier molecular flexibility index (Phi) is 3.70. The van der Waals surface area contributed by atoms with E-state index in [-0.39, 0.29) is 5.92 Å². The maximum absolute atomic E-state index is 12.3. The molecule has 0 atom stereocenters. The van der Waals surface area contributed by atoms with Gasteiger partial charge >= 0.3 is 0 Å². The van der Waals surface area contributed by atoms with Gasteiger partial charge < -0.3 is 4.90 Å². The van der Waals surface area contributed by atoms with Crippen molar-refractivity contribution >= 4 is 21.8 Å². The van der Waals surface area contributed by atoms with Crippen LogP contribution in [0, 0.1) is 5.41 Å². The number of hydrogen-bond donors (Lipinski definition) is 2. The third-order valence-electron chi connectivity index (χ3n) is 3.28. The molecule has 2 N–H and O–H groups in total. The van der Waals surface area contributed by atoms with Crippen LogP contribution in [0.4, 0.5) is 0 Å². The second-order valence-electron chi connectivity index (χ2n) is 5.51. The first-order chi connectivity index (χ1) is 9.61. The zero-order chi connectivity index (χ0) is 15.8. The van der Waals surface area contributed by atoms with Gasteiger partial charge in [0.2, 0.25) is 21.8 Å². The van der Waals surface area contributed by atoms with E-state index in [4.69, 9.17) is 0 Å². The monoisotopic (exact) mass is 316 g/mol. The van der Waals surface area contributed by atoms with E-state index in [0.717, 1.165) is 6.26 Å². The minimum absolute atomic E-state index is 0.0264. The average Bonchev–Trinajstić information content (AvgIpc) is 2.77. The van der Waals surface area contributed by atoms with Crippen molar-refractivity contribution in [3.8, 4) is 0 Å². The fourth-order valence-corrected chi connectivity index (χ4v) is 2.53. The van der Waals surface area contributed by atoms with Crippen LogP contribution in [0.25, 0.3) is 0 Å². The Hall–Kier alpha value is -2.04. The molecule has 1 aromatic rings. The van der Waals surface area contributed by atoms with Crippen molar-refractivity contribution < 1.29 is 18.0 Å². The summed E-state index contributed by atoms with van der Waals surface area (Å²) < 4.78 is 24.0. The molecule has 0 aliphatic carbocycles. The van der Waals surface area contributed by atoms with Gasteiger partial charge in [0.15, 0.2) is 5.82 Å². The second-order valence-corrected chi connectivity index (χ2v) is 7.25. The van der Waals surface area contributed by atoms with Crippen LogP contribution in [-0.4, -0.2) is 65.1 Å². The number of tetrazole rings is 1. The largest absolute Gasteiger partial charge is 0.340 e. The van der Waals surface area contributed by atoms with Gasteiger partial charge in [-0.3, -0.25) is 14.3 Å². The van der Waals surface area contributed by atoms with E-state index < -0.39 is 27.3 Å². The zero-order valence-corrected chi connectivity index (χ0v) is 12.6. The minimum atomic E-state index is -3.70. The van der Waals surface area contributed by atoms with Crippen molar-refractivity contribution in [3.63, 3.8) is 0 Å². The van der Waals surface area contributed by atoms with E-state index in [1.165, 1.54) is 18.7 Å². The Bertz CT molecular complexity index is 647. The number of likely N-dealkylation sites (tertiary alicyclic amines) is 1. The number of aromatic nitrogens is 4. The van der Waals surface area contributed by atoms with Gasteiger partial charge in [-0.2, -0.15) is 5.21 Å². The van der Waals surface area contributed by atoms with E-state index in [1.54, 1.807) is 0 Å². The average molecular weight is 316 g/mol. The summed E-state index contributed by atoms with van der Waals surface area (Å²) in [5.41, 5.74) is -1.47. The van der Waals surface area contributed by atoms with Gasteiger partial charge in [-0.25, -0.2) is 8.42 Å². The van der Waals surface area contributed by atoms with Crippen LogP contribution in [0.1, 0.15) is 25.6 Å². The summed E-state index contributed by atoms with van der Waals surface area (Å²) in [6, 6.07) is 0. The molecule has 11 heteroatoms. The second kappa shape index (κ2) is 5.06. The molecule has 10 nitrogen and oxygen atoms in total. The Morgan fingerprint density at radius 2 is 2.00 bits per heavy atom. The van der Waals surface area contributed by atoms with E-state index >= 15 is 0 Å². The summed E-state index contributed by atoms with van der Waals surface area (Å²) in [6.45, 7) is 3.51. The first-order valence-electron chi connectivity index (χ1n) is 6.16. The molecule has 0 bridgehead atoms. The minimum Gasteiger partial charge on any atom is -0.340 e. The number of carbonyl (C=O) groups is 2. The van der Waals surface area contributed by atoms with Crippen molar-refractivity contribution in [2.45, 2.75) is 19.8 Å². The Morgan fingerprint density at radius 1 is 1.38 bits per heavy atom. The van der Waals surface area contributed by atoms with Crippen molar-refractivity contribution in [2.75, 3.05) is 19.3 Å². The van der Waals surface area contributed by atoms with Gasteiger partial charge in [-0.1, -0.05) is 5.21 Å². The predicted molar refractivity (Wildman–Crippen MR) is 70.3 cm³/mol. The maximum Gasteiger partial charge on any atom is 0.248 e. The molecule has 1 fully saturated rings. The number of sulfonamides is 1. The lowest BCUT2D eigenvalue weighted by atomic mass is 9.87. The number of nitrogens with zero attached hydrogens (tertiary/aromatic N) is 4. The Morgan fingerprint density at radius 3 is 2.48 bits per heavy atom. The quantitative estimate of drug-likeness (QED) is 0.627. The topological polar surface area (TPSA) is 138 Å². The third kappa shape index (κ3) is 3.17. The van der Waals surface area contributed by atoms with E-state index in [0.29, 0.717) is 18.9 Å². The Balaban J connectivity index is 1.99. The smallest absolute Gasteiger partial charge is 0.248 e. The van der Waals surface area contributed by atoms with E-state index in [2.05, 4.69) is 20.6 Å². The SMILES string of the molecule is CC(C)(C(=O)NS(C)(=O)=O)C(=O)N1CC(c2nn[nH]n2)C1. The number of hydrogen-bond acceptors (Lipinski definition) is 7. The molecule has 1 aliphatic heterocycles. The lowest BCUT2D eigenvalue weighted by Gasteiger charge is -2.41. The van der Waals surface area contributed by atoms with Gasteiger partial charge in [0, 0.05) is 13.1 Å². The summed E-state index contributed by atoms with van der Waals surface area (Å²) in [7, 11) is -3.70. The van der Waals surface area contributed by atoms with Crippen molar-refractivity contribution in [3.05, 3.63) is 5.82 Å². The van der Waals surface area contributed by atoms with Gasteiger partial charge in [0.1, 0.15) is 5.41 Å². The van der Waals surface area contributed by atoms with E-state index in [1.807, 2.05) is 4.72 Å². The van der Waals surface area contributed by atoms with Crippen LogP contribution >= 0.6 is 0 Å². The van der Waals surface area contributed by atoms with Crippen LogP contribution < -0.4 is 4.72 Å². The number of aromatic amines is 1. The standard InChI is InChI=1S/C10H16N6O4S/c1-10(2,8(17)13-21(3,19)20)9(18)16-4-6(5-16)7-11-14-15-12-7/h6H,4-5H2,1-3H3,(H,13,17)(H,11,12,14,15). The first kappa shape index (κ1) is 15.4. The molecular formula is C10H16N6O4S. The molecule has 21 heavy (non-hydrogen) atoms. The highest BCUT2D eigenvalue weighted by molar-refractivity contribution is 7.89. The molecule has 0 radical (unpaired) electrons. The van der Waals surface area contributed by atoms with Crippen LogP contribution in [-0.2, 0) is 19.6 Å². The summed E-state index contributed by atoms with van der Waals surface area (Å²) in [5.74, 6) is -0.805. The van der Waals surface area contributed by atoms with Crippen molar-refractivity contribution in [1.29, 1.82) is 0 Å². The number of H-pyrrole nitrogens is 1. The number of amides is 2. The van der Waals surface area contributed by atoms with Gasteiger partial charge in [0.25, 0.3) is 0 Å². The summed E-state index contributed by atoms with van der Waals surface area (Å²) >= 11 is 0. The molecule has 1 aromatic heterocycles. The molecule has 2 heterocycles. The molecule has 0 unspecified atom stereocenters. The van der Waals surface area contributed by atoms with Gasteiger partial charge in [0.05, 0.1) is 12.2 Å². The molecule has 2 rings (SSSR count). The van der Waals surface area contributed by atoms with Crippen molar-refractivity contribution in [2.24, 2.45) is 5.41 Å². The summed E-state index contributed by atoms with van der Waals surface area (Å²) in [5, 5.41) is 13.4. The van der Waals surface area contributed by atoms with E-state index in [9.17, 15) is 18.0 Å². The summed E-state index contributed by atoms with van der Waals surface area (Å²) in [4.78, 5) is 25.7. The number of nitrogens with one attached hydrogen (secondary N) is 2. The molecule has 0 saturated carbocycles. The highest BCUT2D eigenvalue weighted by Gasteiger charge is 2.45. The lowest BCUT2D eigenvalue weighted by molar-refractivity contribution is -0.151. The van der Waals surface area contributed by atoms with Crippen LogP contribution in [0.3, 0.4) is 0 Å². The fraction of sp³-hybridized carbons (Fsp3) is 0.700. The summed E-state index contributed by atoms with van der Waals surface area (Å²) in [6.07, 6.45) is 0.862. The Labute approximate surface area is 121 Å². The molecule has 116 valence electrons. The molecule has 2 amide bonds. The van der Waals surface area contributed by atoms with Gasteiger partial charge in [-0.15, -0.1) is 10.2 Å². The molecular weight excluding hydrogens is 300 g/mol. The highest BCUT2D eigenvalue weighted by Crippen LogP contribution is 2.29. The fourth-order valence-electron chi connectivity index (χ4n) is 1.94. The first-order valence-corrected chi connectivity index (χ1v) is 8.05. The molecule has 1 saturated heterocycles. The molecule has 0 aromatic carbocycles. The van der Waals surface area contributed by atoms with Crippen LogP contribution in [0.5, 0.6) is 0 Å². The highest BCUT2D eigenvalue weighted by atomic mass is 32.2. The molecule has 1 aliphatic rings. The van der Waals surface area contributed by atoms with Crippen molar-refractivity contribution in [1.82, 2.24) is 30.2 Å². The zero-order valence-electron chi connectivity index (χ0n) is 11.8. The number of carbonyl (C=O) groups excluding carboxylic acids is 2. The molecule has 0 spiro atoms. The normalized spacial score (nSPS) is 16.4. The van der Waals surface area contributed by atoms with Crippen LogP contribution in [0.15, 0.2) is 0 Å². The third-order valence-corrected chi connectivity index (χ3v) is 3.83. The maximum atomic E-state index is 12.3.